The summed E-state index contributed by atoms with van der Waals surface area (Å²) >= 11 is 0. The SMILES string of the molecule is CC(=O)O[C@H]1CC[C@@]2(C)[C@H](C1)C[C@@H](OC(C)=O)[C@@H]1[C@@H]2C[C@@H](OC(C)=O)[C@]2(C)[C@@H]([C@@H](C)CC(=O)C(=O)c3ccccc3)CC[C@@H]12. The number of hydrogen-bond acceptors (Lipinski definition) is 8. The zero-order valence-electron chi connectivity index (χ0n) is 27.0. The van der Waals surface area contributed by atoms with Crippen molar-refractivity contribution in [2.45, 2.75) is 111 Å². The Balaban J connectivity index is 1.46. The van der Waals surface area contributed by atoms with Gasteiger partial charge in [-0.05, 0) is 80.0 Å². The Morgan fingerprint density at radius 1 is 0.818 bits per heavy atom. The third-order valence-corrected chi connectivity index (χ3v) is 12.2. The molecule has 11 atom stereocenters. The van der Waals surface area contributed by atoms with E-state index in [1.165, 1.54) is 20.8 Å². The van der Waals surface area contributed by atoms with Gasteiger partial charge in [0.25, 0.3) is 0 Å². The average Bonchev–Trinajstić information content (AvgIpc) is 3.31. The van der Waals surface area contributed by atoms with Crippen molar-refractivity contribution in [1.29, 1.82) is 0 Å². The van der Waals surface area contributed by atoms with E-state index in [0.29, 0.717) is 18.4 Å². The van der Waals surface area contributed by atoms with Gasteiger partial charge in [-0.2, -0.15) is 0 Å². The molecule has 0 saturated heterocycles. The fraction of sp³-hybridized carbons (Fsp3) is 0.694. The molecule has 44 heavy (non-hydrogen) atoms. The van der Waals surface area contributed by atoms with E-state index < -0.39 is 17.0 Å². The molecule has 4 aliphatic carbocycles. The first-order valence-electron chi connectivity index (χ1n) is 16.4. The molecular formula is C36H48O8. The van der Waals surface area contributed by atoms with Gasteiger partial charge in [-0.1, -0.05) is 51.1 Å². The summed E-state index contributed by atoms with van der Waals surface area (Å²) in [5.41, 5.74) is -0.130. The lowest BCUT2D eigenvalue weighted by atomic mass is 9.43. The molecule has 240 valence electrons. The van der Waals surface area contributed by atoms with Crippen LogP contribution in [0, 0.1) is 46.3 Å². The number of carbonyl (C=O) groups is 5. The molecule has 0 aromatic heterocycles. The maximum absolute atomic E-state index is 13.2. The summed E-state index contributed by atoms with van der Waals surface area (Å²) in [6.07, 6.45) is 4.82. The van der Waals surface area contributed by atoms with Crippen LogP contribution in [0.4, 0.5) is 0 Å². The molecule has 4 saturated carbocycles. The number of carbonyl (C=O) groups excluding carboxylic acids is 5. The summed E-state index contributed by atoms with van der Waals surface area (Å²) in [6, 6.07) is 8.67. The van der Waals surface area contributed by atoms with Crippen molar-refractivity contribution in [2.75, 3.05) is 0 Å². The second kappa shape index (κ2) is 12.4. The molecule has 4 aliphatic rings. The Morgan fingerprint density at radius 2 is 1.48 bits per heavy atom. The molecule has 0 spiro atoms. The van der Waals surface area contributed by atoms with Gasteiger partial charge in [0, 0.05) is 44.1 Å². The topological polar surface area (TPSA) is 113 Å². The minimum Gasteiger partial charge on any atom is -0.463 e. The van der Waals surface area contributed by atoms with Crippen molar-refractivity contribution in [3.63, 3.8) is 0 Å². The van der Waals surface area contributed by atoms with E-state index in [0.717, 1.165) is 32.1 Å². The van der Waals surface area contributed by atoms with Crippen molar-refractivity contribution in [2.24, 2.45) is 46.3 Å². The lowest BCUT2D eigenvalue weighted by Gasteiger charge is -2.64. The third-order valence-electron chi connectivity index (χ3n) is 12.2. The number of hydrogen-bond donors (Lipinski definition) is 0. The van der Waals surface area contributed by atoms with E-state index in [4.69, 9.17) is 14.2 Å². The maximum Gasteiger partial charge on any atom is 0.302 e. The van der Waals surface area contributed by atoms with E-state index in [-0.39, 0.29) is 83.6 Å². The Bertz CT molecular complexity index is 1290. The lowest BCUT2D eigenvalue weighted by Crippen LogP contribution is -2.63. The number of benzene rings is 1. The van der Waals surface area contributed by atoms with Crippen LogP contribution < -0.4 is 0 Å². The molecule has 0 amide bonds. The van der Waals surface area contributed by atoms with E-state index in [9.17, 15) is 24.0 Å². The second-order valence-electron chi connectivity index (χ2n) is 14.6. The lowest BCUT2D eigenvalue weighted by molar-refractivity contribution is -0.224. The summed E-state index contributed by atoms with van der Waals surface area (Å²) in [4.78, 5) is 63.0. The highest BCUT2D eigenvalue weighted by Gasteiger charge is 2.67. The molecule has 0 radical (unpaired) electrons. The quantitative estimate of drug-likeness (QED) is 0.150. The first-order valence-corrected chi connectivity index (χ1v) is 16.4. The van der Waals surface area contributed by atoms with Gasteiger partial charge in [-0.25, -0.2) is 0 Å². The third kappa shape index (κ3) is 5.85. The van der Waals surface area contributed by atoms with Gasteiger partial charge in [-0.3, -0.25) is 24.0 Å². The van der Waals surface area contributed by atoms with Crippen molar-refractivity contribution in [1.82, 2.24) is 0 Å². The van der Waals surface area contributed by atoms with Crippen molar-refractivity contribution >= 4 is 29.5 Å². The summed E-state index contributed by atoms with van der Waals surface area (Å²) in [5.74, 6) is -1.27. The van der Waals surface area contributed by atoms with Crippen molar-refractivity contribution in [3.05, 3.63) is 35.9 Å². The number of esters is 3. The number of fused-ring (bicyclic) bond motifs is 5. The van der Waals surface area contributed by atoms with Gasteiger partial charge in [0.15, 0.2) is 0 Å². The van der Waals surface area contributed by atoms with Crippen LogP contribution in [0.15, 0.2) is 30.3 Å². The molecule has 8 nitrogen and oxygen atoms in total. The van der Waals surface area contributed by atoms with Crippen LogP contribution in [0.2, 0.25) is 0 Å². The van der Waals surface area contributed by atoms with Crippen LogP contribution >= 0.6 is 0 Å². The first-order chi connectivity index (χ1) is 20.7. The Kier molecular flexibility index (Phi) is 9.12. The molecule has 0 aliphatic heterocycles. The van der Waals surface area contributed by atoms with E-state index in [2.05, 4.69) is 13.8 Å². The monoisotopic (exact) mass is 608 g/mol. The van der Waals surface area contributed by atoms with Gasteiger partial charge in [0.1, 0.15) is 18.3 Å². The molecule has 4 fully saturated rings. The number of rotatable bonds is 8. The van der Waals surface area contributed by atoms with E-state index in [1.807, 2.05) is 13.0 Å². The summed E-state index contributed by atoms with van der Waals surface area (Å²) in [7, 11) is 0. The summed E-state index contributed by atoms with van der Waals surface area (Å²) < 4.78 is 18.0. The summed E-state index contributed by atoms with van der Waals surface area (Å²) in [6.45, 7) is 10.9. The van der Waals surface area contributed by atoms with Gasteiger partial charge in [0.2, 0.25) is 11.6 Å². The molecule has 0 N–H and O–H groups in total. The van der Waals surface area contributed by atoms with Gasteiger partial charge >= 0.3 is 17.9 Å². The number of ketones is 2. The first kappa shape index (κ1) is 32.4. The standard InChI is InChI=1S/C36H48O8/c1-20(16-30(40)34(41)24-10-8-7-9-11-24)27-12-13-28-33-29(19-32(36(27,28)6)44-23(4)39)35(5)15-14-26(42-21(2)37)17-25(35)18-31(33)43-22(3)38/h7-11,20,25-29,31-33H,12-19H2,1-6H3/t20-,25+,26-,27+,28-,29-,31+,32+,33-,35-,36+/m0/s1. The van der Waals surface area contributed by atoms with Crippen molar-refractivity contribution < 1.29 is 38.2 Å². The van der Waals surface area contributed by atoms with Gasteiger partial charge in [0.05, 0.1) is 0 Å². The number of Topliss-reactive ketones (excluding diaryl/α,β-unsaturated/α-hetero) is 2. The van der Waals surface area contributed by atoms with Gasteiger partial charge < -0.3 is 14.2 Å². The minimum atomic E-state index is -0.470. The fourth-order valence-corrected chi connectivity index (χ4v) is 10.4. The Labute approximate surface area is 261 Å². The zero-order chi connectivity index (χ0) is 32.0. The highest BCUT2D eigenvalue weighted by Crippen LogP contribution is 2.69. The molecule has 5 rings (SSSR count). The van der Waals surface area contributed by atoms with Crippen LogP contribution in [0.5, 0.6) is 0 Å². The molecule has 8 heteroatoms. The minimum absolute atomic E-state index is 0.0496. The highest BCUT2D eigenvalue weighted by atomic mass is 16.6. The van der Waals surface area contributed by atoms with Crippen LogP contribution in [0.1, 0.15) is 103 Å². The van der Waals surface area contributed by atoms with E-state index in [1.54, 1.807) is 24.3 Å². The summed E-state index contributed by atoms with van der Waals surface area (Å²) in [5, 5.41) is 0. The molecule has 1 aromatic carbocycles. The smallest absolute Gasteiger partial charge is 0.302 e. The van der Waals surface area contributed by atoms with Crippen LogP contribution in [0.25, 0.3) is 0 Å². The molecule has 0 heterocycles. The Morgan fingerprint density at radius 3 is 2.11 bits per heavy atom. The van der Waals surface area contributed by atoms with Gasteiger partial charge in [-0.15, -0.1) is 0 Å². The predicted octanol–water partition coefficient (Wildman–Crippen LogP) is 6.14. The zero-order valence-corrected chi connectivity index (χ0v) is 27.0. The average molecular weight is 609 g/mol. The van der Waals surface area contributed by atoms with Crippen LogP contribution in [-0.4, -0.2) is 47.8 Å². The normalized spacial score (nSPS) is 38.2. The van der Waals surface area contributed by atoms with E-state index >= 15 is 0 Å². The molecular weight excluding hydrogens is 560 g/mol. The number of ether oxygens (including phenoxy) is 3. The molecule has 1 aromatic rings. The second-order valence-corrected chi connectivity index (χ2v) is 14.6. The van der Waals surface area contributed by atoms with Crippen molar-refractivity contribution in [3.8, 4) is 0 Å². The molecule has 0 unspecified atom stereocenters. The Hall–Kier alpha value is -3.03. The highest BCUT2D eigenvalue weighted by molar-refractivity contribution is 6.43. The fourth-order valence-electron chi connectivity index (χ4n) is 10.4. The predicted molar refractivity (Wildman–Crippen MR) is 162 cm³/mol. The largest absolute Gasteiger partial charge is 0.463 e. The maximum atomic E-state index is 13.2. The van der Waals surface area contributed by atoms with Crippen LogP contribution in [0.3, 0.4) is 0 Å². The van der Waals surface area contributed by atoms with Crippen LogP contribution in [-0.2, 0) is 33.4 Å². The molecule has 0 bridgehead atoms.